The molecule has 5 N–H and O–H groups in total. The van der Waals surface area contributed by atoms with Gasteiger partial charge in [-0.25, -0.2) is 0 Å². The summed E-state index contributed by atoms with van der Waals surface area (Å²) in [5, 5.41) is 16.1. The van der Waals surface area contributed by atoms with Gasteiger partial charge in [0.15, 0.2) is 11.9 Å². The molecule has 0 aromatic carbocycles. The van der Waals surface area contributed by atoms with Gasteiger partial charge in [0.1, 0.15) is 0 Å². The maximum absolute atomic E-state index is 7.07. The molecule has 0 radical (unpaired) electrons. The molecule has 8 heteroatoms. The van der Waals surface area contributed by atoms with Crippen LogP contribution in [0.1, 0.15) is 0 Å². The van der Waals surface area contributed by atoms with Crippen LogP contribution < -0.4 is 11.1 Å². The minimum absolute atomic E-state index is 0. The van der Waals surface area contributed by atoms with Gasteiger partial charge in [0.05, 0.1) is 0 Å². The summed E-state index contributed by atoms with van der Waals surface area (Å²) in [5.41, 5.74) is 4.94. The maximum Gasteiger partial charge on any atom is 0.197 e. The second kappa shape index (κ2) is 8.12. The summed E-state index contributed by atoms with van der Waals surface area (Å²) in [4.78, 5) is 6.60. The molecule has 0 saturated carbocycles. The minimum Gasteiger partial charge on any atom is -0.370 e. The van der Waals surface area contributed by atoms with E-state index in [-0.39, 0.29) is 24.3 Å². The van der Waals surface area contributed by atoms with Gasteiger partial charge in [0, 0.05) is 53.4 Å². The van der Waals surface area contributed by atoms with Crippen molar-refractivity contribution < 1.29 is 0 Å². The van der Waals surface area contributed by atoms with Gasteiger partial charge < -0.3 is 10.6 Å². The highest BCUT2D eigenvalue weighted by Gasteiger charge is 2.21. The number of rotatable bonds is 0. The summed E-state index contributed by atoms with van der Waals surface area (Å²) in [5.74, 6) is -0.101. The number of guanidine groups is 2. The molecule has 0 aliphatic carbocycles. The van der Waals surface area contributed by atoms with Crippen LogP contribution in [0.4, 0.5) is 0 Å². The van der Waals surface area contributed by atoms with Crippen molar-refractivity contribution in [2.45, 2.75) is 0 Å². The largest absolute Gasteiger partial charge is 0.370 e. The van der Waals surface area contributed by atoms with E-state index in [9.17, 15) is 0 Å². The van der Waals surface area contributed by atoms with Gasteiger partial charge in [0.25, 0.3) is 0 Å². The van der Waals surface area contributed by atoms with Crippen LogP contribution in [0, 0.1) is 10.8 Å². The maximum atomic E-state index is 7.07. The zero-order valence-corrected chi connectivity index (χ0v) is 11.9. The fourth-order valence-electron chi connectivity index (χ4n) is 1.76. The van der Waals surface area contributed by atoms with Crippen LogP contribution in [-0.2, 0) is 0 Å². The molecule has 7 nitrogen and oxygen atoms in total. The Bertz CT molecular complexity index is 250. The average Bonchev–Trinajstić information content (AvgIpc) is 2.31. The Morgan fingerprint density at radius 2 is 1.33 bits per heavy atom. The molecule has 3 saturated heterocycles. The fourth-order valence-corrected chi connectivity index (χ4v) is 1.76. The predicted molar refractivity (Wildman–Crippen MR) is 76.6 cm³/mol. The lowest BCUT2D eigenvalue weighted by Crippen LogP contribution is -2.55. The predicted octanol–water partition coefficient (Wildman–Crippen LogP) is -0.995. The van der Waals surface area contributed by atoms with Crippen molar-refractivity contribution >= 4 is 24.3 Å². The summed E-state index contributed by atoms with van der Waals surface area (Å²) in [6.45, 7) is 7.92. The lowest BCUT2D eigenvalue weighted by molar-refractivity contribution is 0.0647. The Hall–Kier alpha value is -1.05. The molecule has 0 aromatic heterocycles. The second-order valence-electron chi connectivity index (χ2n) is 4.46. The van der Waals surface area contributed by atoms with Gasteiger partial charge in [-0.05, 0) is 0 Å². The normalized spacial score (nSPS) is 24.1. The van der Waals surface area contributed by atoms with Crippen LogP contribution in [0.25, 0.3) is 0 Å². The zero-order chi connectivity index (χ0) is 12.8. The quantitative estimate of drug-likeness (QED) is 0.337. The Morgan fingerprint density at radius 3 is 1.44 bits per heavy atom. The van der Waals surface area contributed by atoms with Crippen LogP contribution >= 0.6 is 12.4 Å². The number of nitrogens with one attached hydrogen (secondary N) is 3. The molecule has 0 atom stereocenters. The highest BCUT2D eigenvalue weighted by atomic mass is 35.5. The van der Waals surface area contributed by atoms with Gasteiger partial charge in [-0.2, -0.15) is 0 Å². The Balaban J connectivity index is 0.000000304. The molecule has 0 aromatic rings. The van der Waals surface area contributed by atoms with Crippen molar-refractivity contribution in [3.8, 4) is 0 Å². The summed E-state index contributed by atoms with van der Waals surface area (Å²) in [6.07, 6.45) is 0. The van der Waals surface area contributed by atoms with E-state index in [4.69, 9.17) is 16.6 Å². The van der Waals surface area contributed by atoms with Crippen LogP contribution in [0.15, 0.2) is 0 Å². The molecule has 3 heterocycles. The topological polar surface area (TPSA) is 95.5 Å². The number of halogens is 1. The first kappa shape index (κ1) is 16.9. The van der Waals surface area contributed by atoms with Crippen molar-refractivity contribution in [1.82, 2.24) is 20.0 Å². The van der Waals surface area contributed by atoms with E-state index in [0.717, 1.165) is 0 Å². The molecule has 0 spiro atoms. The molecule has 0 amide bonds. The molecule has 3 aliphatic rings. The SMILES string of the molecule is C1CN2CCN1CC2.CN(C)C(=N)NC(=N)N.Cl. The van der Waals surface area contributed by atoms with E-state index >= 15 is 0 Å². The van der Waals surface area contributed by atoms with Crippen molar-refractivity contribution in [1.29, 1.82) is 10.8 Å². The van der Waals surface area contributed by atoms with Crippen molar-refractivity contribution in [2.75, 3.05) is 53.4 Å². The zero-order valence-electron chi connectivity index (χ0n) is 11.1. The van der Waals surface area contributed by atoms with Gasteiger partial charge in [-0.1, -0.05) is 0 Å². The van der Waals surface area contributed by atoms with E-state index in [1.807, 2.05) is 0 Å². The van der Waals surface area contributed by atoms with Crippen molar-refractivity contribution in [3.05, 3.63) is 0 Å². The molecular formula is C10H24ClN7. The molecule has 0 unspecified atom stereocenters. The molecule has 3 fully saturated rings. The Labute approximate surface area is 115 Å². The van der Waals surface area contributed by atoms with Crippen molar-refractivity contribution in [3.63, 3.8) is 0 Å². The lowest BCUT2D eigenvalue weighted by atomic mass is 10.2. The molecule has 2 bridgehead atoms. The first-order chi connectivity index (χ1) is 7.99. The molecule has 18 heavy (non-hydrogen) atoms. The van der Waals surface area contributed by atoms with E-state index in [2.05, 4.69) is 15.1 Å². The summed E-state index contributed by atoms with van der Waals surface area (Å²) in [7, 11) is 3.39. The smallest absolute Gasteiger partial charge is 0.197 e. The number of piperazine rings is 3. The number of hydrogen-bond acceptors (Lipinski definition) is 4. The number of nitrogens with zero attached hydrogens (tertiary/aromatic N) is 3. The van der Waals surface area contributed by atoms with Crippen LogP contribution in [0.5, 0.6) is 0 Å². The number of nitrogens with two attached hydrogens (primary N) is 1. The number of hydrogen-bond donors (Lipinski definition) is 4. The fraction of sp³-hybridized carbons (Fsp3) is 0.800. The van der Waals surface area contributed by atoms with Gasteiger partial charge >= 0.3 is 0 Å². The lowest BCUT2D eigenvalue weighted by Gasteiger charge is -2.41. The van der Waals surface area contributed by atoms with E-state index < -0.39 is 0 Å². The van der Waals surface area contributed by atoms with E-state index in [1.54, 1.807) is 14.1 Å². The first-order valence-electron chi connectivity index (χ1n) is 5.80. The van der Waals surface area contributed by atoms with Gasteiger partial charge in [0.2, 0.25) is 0 Å². The van der Waals surface area contributed by atoms with E-state index in [0.29, 0.717) is 0 Å². The number of fused-ring (bicyclic) bond motifs is 3. The minimum atomic E-state index is -0.214. The van der Waals surface area contributed by atoms with E-state index in [1.165, 1.54) is 44.2 Å². The third-order valence-corrected chi connectivity index (χ3v) is 2.90. The Kier molecular flexibility index (Phi) is 7.65. The third kappa shape index (κ3) is 6.04. The highest BCUT2D eigenvalue weighted by Crippen LogP contribution is 2.06. The van der Waals surface area contributed by atoms with Crippen LogP contribution in [0.3, 0.4) is 0 Å². The highest BCUT2D eigenvalue weighted by molar-refractivity contribution is 5.94. The first-order valence-corrected chi connectivity index (χ1v) is 5.80. The summed E-state index contributed by atoms with van der Waals surface area (Å²) < 4.78 is 0. The van der Waals surface area contributed by atoms with Crippen LogP contribution in [0.2, 0.25) is 0 Å². The monoisotopic (exact) mass is 277 g/mol. The molecule has 3 aliphatic heterocycles. The van der Waals surface area contributed by atoms with Gasteiger partial charge in [-0.3, -0.25) is 25.9 Å². The van der Waals surface area contributed by atoms with Crippen LogP contribution in [-0.4, -0.2) is 80.0 Å². The third-order valence-electron chi connectivity index (χ3n) is 2.90. The average molecular weight is 278 g/mol. The Morgan fingerprint density at radius 1 is 1.00 bits per heavy atom. The standard InChI is InChI=1S/C6H12N2.C4H11N5.ClH/c1-2-8-5-3-7(1)4-6-8;1-9(2)4(7)8-3(5)6;/h1-6H2;1-2H3,(H5,5,6,7,8);1H. The molecule has 106 valence electrons. The second-order valence-corrected chi connectivity index (χ2v) is 4.46. The molecular weight excluding hydrogens is 254 g/mol. The molecule has 3 rings (SSSR count). The van der Waals surface area contributed by atoms with Gasteiger partial charge in [-0.15, -0.1) is 12.4 Å². The summed E-state index contributed by atoms with van der Waals surface area (Å²) >= 11 is 0. The summed E-state index contributed by atoms with van der Waals surface area (Å²) in [6, 6.07) is 0. The van der Waals surface area contributed by atoms with Crippen molar-refractivity contribution in [2.24, 2.45) is 5.73 Å².